The Hall–Kier alpha value is -0.640. The number of β-amino-alcohol motifs (C(OH)–C–C–N with tert-alkyl or cyclic N) is 4. The lowest BCUT2D eigenvalue weighted by molar-refractivity contribution is -0.198. The van der Waals surface area contributed by atoms with Gasteiger partial charge in [0.2, 0.25) is 0 Å². The topological polar surface area (TPSA) is 167 Å². The third kappa shape index (κ3) is 28.5. The van der Waals surface area contributed by atoms with Crippen molar-refractivity contribution in [3.05, 3.63) is 0 Å². The summed E-state index contributed by atoms with van der Waals surface area (Å²) in [5.74, 6) is 0. The highest BCUT2D eigenvalue weighted by Gasteiger charge is 2.42. The molecule has 0 aromatic rings. The first-order valence-electron chi connectivity index (χ1n) is 30.0. The Morgan fingerprint density at radius 1 is 0.312 bits per heavy atom. The molecule has 4 fully saturated rings. The van der Waals surface area contributed by atoms with E-state index in [1.165, 1.54) is 0 Å². The van der Waals surface area contributed by atoms with Crippen LogP contribution in [0.3, 0.4) is 0 Å². The summed E-state index contributed by atoms with van der Waals surface area (Å²) in [5, 5.41) is 43.5. The van der Waals surface area contributed by atoms with E-state index < -0.39 is 74.6 Å². The number of nitrogens with zero attached hydrogens (tertiary/aromatic N) is 4. The molecule has 0 spiro atoms. The smallest absolute Gasteiger partial charge is 0.0694 e. The molecule has 0 bridgehead atoms. The molecular weight excluding hydrogens is 981 g/mol. The molecule has 12 unspecified atom stereocenters. The molecule has 0 saturated carbocycles. The summed E-state index contributed by atoms with van der Waals surface area (Å²) in [5.41, 5.74) is -5.26. The van der Waals surface area contributed by atoms with Crippen LogP contribution in [-0.4, -0.2) is 239 Å². The van der Waals surface area contributed by atoms with E-state index in [1.807, 2.05) is 55.4 Å². The monoisotopic (exact) mass is 1100 g/mol. The molecule has 456 valence electrons. The van der Waals surface area contributed by atoms with Crippen molar-refractivity contribution in [3.63, 3.8) is 0 Å². The zero-order valence-electron chi connectivity index (χ0n) is 52.9. The Bertz CT molecular complexity index is 1480. The molecule has 16 nitrogen and oxygen atoms in total. The van der Waals surface area contributed by atoms with Crippen molar-refractivity contribution < 1.29 is 58.3 Å². The van der Waals surface area contributed by atoms with Crippen molar-refractivity contribution in [1.29, 1.82) is 0 Å². The normalized spacial score (nSPS) is 26.8. The van der Waals surface area contributed by atoms with Gasteiger partial charge in [0, 0.05) is 102 Å². The number of hydrogen-bond acceptors (Lipinski definition) is 16. The van der Waals surface area contributed by atoms with Crippen LogP contribution < -0.4 is 0 Å². The minimum atomic E-state index is -0.791. The zero-order chi connectivity index (χ0) is 58.1. The van der Waals surface area contributed by atoms with Crippen LogP contribution in [0, 0.1) is 5.41 Å². The molecule has 4 N–H and O–H groups in total. The van der Waals surface area contributed by atoms with Gasteiger partial charge in [-0.15, -0.1) is 0 Å². The lowest BCUT2D eigenvalue weighted by atomic mass is 9.89. The maximum Gasteiger partial charge on any atom is 0.0694 e. The average molecular weight is 1100 g/mol. The summed E-state index contributed by atoms with van der Waals surface area (Å²) in [4.78, 5) is 9.10. The van der Waals surface area contributed by atoms with Crippen molar-refractivity contribution in [2.75, 3.05) is 105 Å². The maximum absolute atomic E-state index is 10.9. The summed E-state index contributed by atoms with van der Waals surface area (Å²) >= 11 is 0. The summed E-state index contributed by atoms with van der Waals surface area (Å²) < 4.78 is 54.0. The zero-order valence-corrected chi connectivity index (χ0v) is 52.9. The summed E-state index contributed by atoms with van der Waals surface area (Å²) in [7, 11) is 0. The standard InChI is InChI=1S/C61H120N4O12/c1-45-33-62(45)37-49(66)29-57(13,14)70-25-21-53(5,6)74-41-61(42-75-54(7,8)22-26-71-58(15,16)30-50(67)38-63-34-46(63)2,43-76-55(9,10)23-27-72-59(17,18)31-51(68)39-64-35-47(64)3)44-77-56(11,12)24-28-73-60(19,20)32-52(69)40-65-36-48(65)4/h45-52,66-69H,21-44H2,1-20H3. The number of aliphatic hydroxyl groups is 4. The van der Waals surface area contributed by atoms with Gasteiger partial charge < -0.3 is 58.3 Å². The molecule has 0 radical (unpaired) electrons. The van der Waals surface area contributed by atoms with Gasteiger partial charge in [-0.25, -0.2) is 0 Å². The van der Waals surface area contributed by atoms with Gasteiger partial charge in [-0.05, 0) is 164 Å². The minimum absolute atomic E-state index is 0.267. The molecule has 0 aromatic heterocycles. The first-order chi connectivity index (χ1) is 35.2. The Kier molecular flexibility index (Phi) is 25.3. The van der Waals surface area contributed by atoms with Gasteiger partial charge in [0.1, 0.15) is 0 Å². The van der Waals surface area contributed by atoms with Gasteiger partial charge in [-0.2, -0.15) is 0 Å². The lowest BCUT2D eigenvalue weighted by Crippen LogP contribution is -2.49. The maximum atomic E-state index is 10.9. The second-order valence-corrected chi connectivity index (χ2v) is 29.8. The van der Waals surface area contributed by atoms with Gasteiger partial charge in [-0.1, -0.05) is 0 Å². The summed E-state index contributed by atoms with van der Waals surface area (Å²) in [6.07, 6.45) is 2.81. The molecule has 4 aliphatic heterocycles. The predicted molar refractivity (Wildman–Crippen MR) is 308 cm³/mol. The van der Waals surface area contributed by atoms with E-state index in [-0.39, 0.29) is 26.4 Å². The molecule has 16 heteroatoms. The van der Waals surface area contributed by atoms with Gasteiger partial charge in [0.05, 0.1) is 127 Å². The van der Waals surface area contributed by atoms with Crippen LogP contribution in [0.25, 0.3) is 0 Å². The molecule has 4 saturated heterocycles. The Morgan fingerprint density at radius 2 is 0.481 bits per heavy atom. The van der Waals surface area contributed by atoms with Crippen molar-refractivity contribution in [3.8, 4) is 0 Å². The highest BCUT2D eigenvalue weighted by atomic mass is 16.6. The second kappa shape index (κ2) is 28.3. The van der Waals surface area contributed by atoms with Crippen molar-refractivity contribution in [2.45, 2.75) is 283 Å². The molecule has 4 heterocycles. The van der Waals surface area contributed by atoms with E-state index in [2.05, 4.69) is 103 Å². The van der Waals surface area contributed by atoms with Crippen LogP contribution in [0.1, 0.15) is 190 Å². The molecule has 12 atom stereocenters. The van der Waals surface area contributed by atoms with E-state index in [1.54, 1.807) is 0 Å². The summed E-state index contributed by atoms with van der Waals surface area (Å²) in [6, 6.07) is 2.14. The molecule has 0 aliphatic carbocycles. The highest BCUT2D eigenvalue weighted by molar-refractivity contribution is 4.93. The molecule has 0 aromatic carbocycles. The van der Waals surface area contributed by atoms with Gasteiger partial charge in [0.15, 0.2) is 0 Å². The number of rotatable bonds is 44. The number of hydrogen-bond donors (Lipinski definition) is 4. The van der Waals surface area contributed by atoms with Crippen LogP contribution in [0.15, 0.2) is 0 Å². The predicted octanol–water partition coefficient (Wildman–Crippen LogP) is 7.72. The first kappa shape index (κ1) is 68.9. The van der Waals surface area contributed by atoms with Gasteiger partial charge >= 0.3 is 0 Å². The van der Waals surface area contributed by atoms with E-state index >= 15 is 0 Å². The quantitative estimate of drug-likeness (QED) is 0.0438. The third-order valence-corrected chi connectivity index (χ3v) is 16.5. The van der Waals surface area contributed by atoms with Crippen LogP contribution >= 0.6 is 0 Å². The fourth-order valence-corrected chi connectivity index (χ4v) is 10.3. The molecule has 4 rings (SSSR count). The van der Waals surface area contributed by atoms with E-state index in [0.717, 1.165) is 26.2 Å². The molecule has 77 heavy (non-hydrogen) atoms. The van der Waals surface area contributed by atoms with E-state index in [0.29, 0.717) is 128 Å². The van der Waals surface area contributed by atoms with E-state index in [4.69, 9.17) is 37.9 Å². The van der Waals surface area contributed by atoms with E-state index in [9.17, 15) is 20.4 Å². The van der Waals surface area contributed by atoms with Crippen LogP contribution in [-0.2, 0) is 37.9 Å². The van der Waals surface area contributed by atoms with Gasteiger partial charge in [0.25, 0.3) is 0 Å². The molecule has 4 aliphatic rings. The molecule has 0 amide bonds. The SMILES string of the molecule is CC1CN1CC(O)CC(C)(C)OCCC(C)(C)OCC(COC(C)(C)CCOC(C)(C)CC(O)CN1CC1C)(COC(C)(C)CCOC(C)(C)CC(O)CN1CC1C)COC(C)(C)CCOC(C)(C)CC(O)CN1CC1C. The highest BCUT2D eigenvalue weighted by Crippen LogP contribution is 2.35. The van der Waals surface area contributed by atoms with Crippen molar-refractivity contribution >= 4 is 0 Å². The van der Waals surface area contributed by atoms with Crippen LogP contribution in [0.5, 0.6) is 0 Å². The van der Waals surface area contributed by atoms with Crippen molar-refractivity contribution in [1.82, 2.24) is 19.6 Å². The van der Waals surface area contributed by atoms with Crippen molar-refractivity contribution in [2.24, 2.45) is 5.41 Å². The largest absolute Gasteiger partial charge is 0.392 e. The number of ether oxygens (including phenoxy) is 8. The molecular formula is C61H120N4O12. The number of aliphatic hydroxyl groups excluding tert-OH is 4. The average Bonchev–Trinajstić information content (AvgIpc) is 4.20. The fraction of sp³-hybridized carbons (Fsp3) is 1.00. The van der Waals surface area contributed by atoms with Crippen LogP contribution in [0.2, 0.25) is 0 Å². The van der Waals surface area contributed by atoms with Crippen LogP contribution in [0.4, 0.5) is 0 Å². The fourth-order valence-electron chi connectivity index (χ4n) is 10.3. The minimum Gasteiger partial charge on any atom is -0.392 e. The summed E-state index contributed by atoms with van der Waals surface area (Å²) in [6.45, 7) is 51.6. The lowest BCUT2D eigenvalue weighted by Gasteiger charge is -2.42. The second-order valence-electron chi connectivity index (χ2n) is 29.8. The third-order valence-electron chi connectivity index (χ3n) is 16.5. The Balaban J connectivity index is 1.50. The Morgan fingerprint density at radius 3 is 0.636 bits per heavy atom. The van der Waals surface area contributed by atoms with Gasteiger partial charge in [-0.3, -0.25) is 19.6 Å². The Labute approximate surface area is 470 Å². The first-order valence-corrected chi connectivity index (χ1v) is 30.0.